The summed E-state index contributed by atoms with van der Waals surface area (Å²) in [6.07, 6.45) is 7.39. The molecule has 2 aromatic rings. The first-order valence-corrected chi connectivity index (χ1v) is 11.1. The average Bonchev–Trinajstić information content (AvgIpc) is 3.36. The third-order valence-corrected chi connectivity index (χ3v) is 7.37. The molecular weight excluding hydrogens is 372 g/mol. The van der Waals surface area contributed by atoms with E-state index in [-0.39, 0.29) is 11.9 Å². The van der Waals surface area contributed by atoms with Crippen LogP contribution >= 0.6 is 11.6 Å². The normalized spacial score (nSPS) is 24.8. The zero-order valence-electron chi connectivity index (χ0n) is 17.4. The fourth-order valence-electron chi connectivity index (χ4n) is 5.44. The number of nitrogens with one attached hydrogen (secondary N) is 1. The minimum absolute atomic E-state index is 0.0890. The van der Waals surface area contributed by atoms with Crippen LogP contribution < -0.4 is 5.32 Å². The first-order chi connectivity index (χ1) is 13.4. The zero-order chi connectivity index (χ0) is 20.0. The van der Waals surface area contributed by atoms with Gasteiger partial charge in [0.2, 0.25) is 0 Å². The largest absolute Gasteiger partial charge is 0.349 e. The summed E-state index contributed by atoms with van der Waals surface area (Å²) in [6.45, 7) is 8.92. The van der Waals surface area contributed by atoms with Gasteiger partial charge in [-0.3, -0.25) is 4.79 Å². The summed E-state index contributed by atoms with van der Waals surface area (Å²) in [6, 6.07) is 0.165. The second-order valence-corrected chi connectivity index (χ2v) is 9.23. The van der Waals surface area contributed by atoms with Crippen LogP contribution in [0.15, 0.2) is 0 Å². The van der Waals surface area contributed by atoms with Crippen molar-refractivity contribution in [1.82, 2.24) is 20.1 Å². The first-order valence-electron chi connectivity index (χ1n) is 10.7. The minimum Gasteiger partial charge on any atom is -0.349 e. The Labute approximate surface area is 172 Å². The molecule has 152 valence electrons. The van der Waals surface area contributed by atoms with Crippen LogP contribution in [0.3, 0.4) is 0 Å². The van der Waals surface area contributed by atoms with Crippen LogP contribution in [0.4, 0.5) is 0 Å². The Morgan fingerprint density at radius 1 is 1.29 bits per heavy atom. The highest BCUT2D eigenvalue weighted by Crippen LogP contribution is 2.49. The molecule has 0 aliphatic heterocycles. The van der Waals surface area contributed by atoms with E-state index < -0.39 is 0 Å². The second kappa shape index (κ2) is 7.66. The van der Waals surface area contributed by atoms with E-state index in [9.17, 15) is 4.79 Å². The highest BCUT2D eigenvalue weighted by molar-refractivity contribution is 6.36. The number of rotatable bonds is 6. The Morgan fingerprint density at radius 2 is 2.07 bits per heavy atom. The SMILES string of the molecule is CCCCn1nc(C)c2c(C(=O)N[C@H](C)[C@H]3C[C@@H]4CC[C@@H]3C4)c(Cl)c(C)nc21. The molecule has 2 bridgehead atoms. The molecule has 2 heterocycles. The van der Waals surface area contributed by atoms with Gasteiger partial charge in [0, 0.05) is 12.6 Å². The summed E-state index contributed by atoms with van der Waals surface area (Å²) in [7, 11) is 0. The van der Waals surface area contributed by atoms with Crippen LogP contribution in [0.1, 0.15) is 74.1 Å². The number of nitrogens with zero attached hydrogens (tertiary/aromatic N) is 3. The lowest BCUT2D eigenvalue weighted by Crippen LogP contribution is -2.40. The molecule has 0 spiro atoms. The van der Waals surface area contributed by atoms with E-state index in [0.29, 0.717) is 22.2 Å². The van der Waals surface area contributed by atoms with Gasteiger partial charge in [-0.15, -0.1) is 0 Å². The van der Waals surface area contributed by atoms with Crippen LogP contribution in [0.5, 0.6) is 0 Å². The van der Waals surface area contributed by atoms with Crippen molar-refractivity contribution < 1.29 is 4.79 Å². The maximum absolute atomic E-state index is 13.3. The number of carbonyl (C=O) groups excluding carboxylic acids is 1. The van der Waals surface area contributed by atoms with Gasteiger partial charge in [-0.2, -0.15) is 5.10 Å². The van der Waals surface area contributed by atoms with Crippen molar-refractivity contribution in [2.45, 2.75) is 78.8 Å². The Hall–Kier alpha value is -1.62. The number of unbranched alkanes of at least 4 members (excludes halogenated alkanes) is 1. The quantitative estimate of drug-likeness (QED) is 0.734. The van der Waals surface area contributed by atoms with Crippen molar-refractivity contribution in [2.24, 2.45) is 17.8 Å². The van der Waals surface area contributed by atoms with E-state index in [2.05, 4.69) is 29.2 Å². The number of halogens is 1. The van der Waals surface area contributed by atoms with E-state index in [1.807, 2.05) is 18.5 Å². The fourth-order valence-corrected chi connectivity index (χ4v) is 5.67. The smallest absolute Gasteiger partial charge is 0.253 e. The standard InChI is InChI=1S/C22H31ClN4O/c1-5-6-9-27-21-18(13(3)26-27)19(20(23)14(4)24-21)22(28)25-12(2)17-11-15-7-8-16(17)10-15/h12,15-17H,5-11H2,1-4H3,(H,25,28)/t12-,15-,16-,17-/m1/s1. The fraction of sp³-hybridized carbons (Fsp3) is 0.682. The van der Waals surface area contributed by atoms with Crippen molar-refractivity contribution in [2.75, 3.05) is 0 Å². The Morgan fingerprint density at radius 3 is 2.71 bits per heavy atom. The molecule has 0 radical (unpaired) electrons. The van der Waals surface area contributed by atoms with Gasteiger partial charge in [0.25, 0.3) is 5.91 Å². The van der Waals surface area contributed by atoms with E-state index in [1.165, 1.54) is 25.7 Å². The molecule has 2 aliphatic rings. The molecule has 1 N–H and O–H groups in total. The van der Waals surface area contributed by atoms with Gasteiger partial charge in [0.15, 0.2) is 5.65 Å². The van der Waals surface area contributed by atoms with Crippen molar-refractivity contribution in [3.63, 3.8) is 0 Å². The average molecular weight is 403 g/mol. The van der Waals surface area contributed by atoms with Crippen molar-refractivity contribution in [1.29, 1.82) is 0 Å². The molecule has 4 atom stereocenters. The summed E-state index contributed by atoms with van der Waals surface area (Å²) in [5.74, 6) is 2.14. The Kier molecular flexibility index (Phi) is 5.38. The number of aromatic nitrogens is 3. The lowest BCUT2D eigenvalue weighted by molar-refractivity contribution is 0.0917. The predicted octanol–water partition coefficient (Wildman–Crippen LogP) is 5.06. The number of amides is 1. The van der Waals surface area contributed by atoms with Crippen molar-refractivity contribution in [3.8, 4) is 0 Å². The maximum Gasteiger partial charge on any atom is 0.253 e. The topological polar surface area (TPSA) is 59.8 Å². The molecule has 0 saturated heterocycles. The van der Waals surface area contributed by atoms with Crippen LogP contribution in [-0.4, -0.2) is 26.7 Å². The van der Waals surface area contributed by atoms with Gasteiger partial charge in [-0.1, -0.05) is 31.4 Å². The van der Waals surface area contributed by atoms with Gasteiger partial charge < -0.3 is 5.32 Å². The lowest BCUT2D eigenvalue weighted by Gasteiger charge is -2.28. The molecular formula is C22H31ClN4O. The number of fused-ring (bicyclic) bond motifs is 3. The summed E-state index contributed by atoms with van der Waals surface area (Å²) in [5.41, 5.74) is 2.81. The molecule has 2 saturated carbocycles. The third-order valence-electron chi connectivity index (χ3n) is 6.91. The minimum atomic E-state index is -0.0890. The summed E-state index contributed by atoms with van der Waals surface area (Å²) in [4.78, 5) is 18.0. The number of aryl methyl sites for hydroxylation is 3. The third kappa shape index (κ3) is 3.32. The first kappa shape index (κ1) is 19.7. The molecule has 28 heavy (non-hydrogen) atoms. The van der Waals surface area contributed by atoms with Crippen LogP contribution in [0.25, 0.3) is 11.0 Å². The Balaban J connectivity index is 1.66. The second-order valence-electron chi connectivity index (χ2n) is 8.85. The molecule has 4 rings (SSSR count). The Bertz CT molecular complexity index is 906. The number of carbonyl (C=O) groups is 1. The number of hydrogen-bond donors (Lipinski definition) is 1. The zero-order valence-corrected chi connectivity index (χ0v) is 18.1. The molecule has 0 unspecified atom stereocenters. The van der Waals surface area contributed by atoms with Gasteiger partial charge in [0.05, 0.1) is 27.4 Å². The van der Waals surface area contributed by atoms with Gasteiger partial charge in [0.1, 0.15) is 0 Å². The van der Waals surface area contributed by atoms with Gasteiger partial charge >= 0.3 is 0 Å². The van der Waals surface area contributed by atoms with E-state index in [1.54, 1.807) is 0 Å². The summed E-state index contributed by atoms with van der Waals surface area (Å²) in [5, 5.41) is 9.17. The van der Waals surface area contributed by atoms with Gasteiger partial charge in [-0.05, 0) is 64.2 Å². The molecule has 2 fully saturated rings. The van der Waals surface area contributed by atoms with Crippen LogP contribution in [0.2, 0.25) is 5.02 Å². The molecule has 2 aromatic heterocycles. The molecule has 0 aromatic carbocycles. The van der Waals surface area contributed by atoms with Crippen molar-refractivity contribution in [3.05, 3.63) is 22.0 Å². The van der Waals surface area contributed by atoms with Crippen LogP contribution in [0, 0.1) is 31.6 Å². The van der Waals surface area contributed by atoms with Crippen LogP contribution in [-0.2, 0) is 6.54 Å². The van der Waals surface area contributed by atoms with E-state index in [4.69, 9.17) is 11.6 Å². The van der Waals surface area contributed by atoms with Gasteiger partial charge in [-0.25, -0.2) is 9.67 Å². The van der Waals surface area contributed by atoms with E-state index >= 15 is 0 Å². The maximum atomic E-state index is 13.3. The predicted molar refractivity (Wildman–Crippen MR) is 113 cm³/mol. The summed E-state index contributed by atoms with van der Waals surface area (Å²) < 4.78 is 1.92. The number of hydrogen-bond acceptors (Lipinski definition) is 3. The van der Waals surface area contributed by atoms with E-state index in [0.717, 1.165) is 47.9 Å². The molecule has 2 aliphatic carbocycles. The molecule has 1 amide bonds. The lowest BCUT2D eigenvalue weighted by atomic mass is 9.84. The molecule has 6 heteroatoms. The van der Waals surface area contributed by atoms with Crippen molar-refractivity contribution >= 4 is 28.5 Å². The highest BCUT2D eigenvalue weighted by Gasteiger charge is 2.42. The molecule has 5 nitrogen and oxygen atoms in total. The summed E-state index contributed by atoms with van der Waals surface area (Å²) >= 11 is 6.60. The number of pyridine rings is 1. The highest BCUT2D eigenvalue weighted by atomic mass is 35.5. The monoisotopic (exact) mass is 402 g/mol.